The summed E-state index contributed by atoms with van der Waals surface area (Å²) >= 11 is 0. The molecule has 6 heteroatoms. The molecule has 0 aromatic heterocycles. The zero-order valence-corrected chi connectivity index (χ0v) is 57.0. The normalized spacial score (nSPS) is 10.7. The molecule has 0 aliphatic rings. The summed E-state index contributed by atoms with van der Waals surface area (Å²) in [6, 6.07) is 147. The maximum Gasteiger partial charge on any atom is 0.0567 e. The van der Waals surface area contributed by atoms with Gasteiger partial charge in [-0.2, -0.15) is 0 Å². The average molecular weight is 1300 g/mol. The second-order valence-corrected chi connectivity index (χ2v) is 24.7. The Kier molecular flexibility index (Phi) is 20.2. The third-order valence-corrected chi connectivity index (χ3v) is 18.4. The van der Waals surface area contributed by atoms with E-state index in [2.05, 4.69) is 439 Å². The van der Waals surface area contributed by atoms with E-state index in [0.29, 0.717) is 0 Å². The molecule has 0 radical (unpaired) electrons. The summed E-state index contributed by atoms with van der Waals surface area (Å²) in [6.45, 7) is 0. The zero-order valence-electron chi connectivity index (χ0n) is 57.0. The van der Waals surface area contributed by atoms with Crippen LogP contribution >= 0.6 is 0 Å². The van der Waals surface area contributed by atoms with E-state index < -0.39 is 0 Å². The molecule has 16 rings (SSSR count). The van der Waals surface area contributed by atoms with Gasteiger partial charge in [0.15, 0.2) is 0 Å². The van der Waals surface area contributed by atoms with Gasteiger partial charge in [0.25, 0.3) is 0 Å². The number of rotatable bonds is 17. The highest BCUT2D eigenvalue weighted by atomic mass is 15.2. The van der Waals surface area contributed by atoms with E-state index in [1.807, 2.05) is 30.3 Å². The van der Waals surface area contributed by atoms with Gasteiger partial charge in [-0.25, -0.2) is 0 Å². The predicted octanol–water partition coefficient (Wildman–Crippen LogP) is 26.4. The first-order valence-electron chi connectivity index (χ1n) is 34.3. The molecule has 0 N–H and O–H groups in total. The van der Waals surface area contributed by atoms with E-state index >= 15 is 0 Å². The molecule has 0 unspecified atom stereocenters. The Labute approximate surface area is 594 Å². The van der Waals surface area contributed by atoms with Gasteiger partial charge in [0.05, 0.1) is 5.69 Å². The fourth-order valence-electron chi connectivity index (χ4n) is 13.1. The Hall–Kier alpha value is -13.2. The van der Waals surface area contributed by atoms with Gasteiger partial charge in [-0.15, -0.1) is 0 Å². The highest BCUT2D eigenvalue weighted by Gasteiger charge is 2.19. The van der Waals surface area contributed by atoms with Gasteiger partial charge < -0.3 is 29.4 Å². The summed E-state index contributed by atoms with van der Waals surface area (Å²) < 4.78 is 0. The van der Waals surface area contributed by atoms with Gasteiger partial charge >= 0.3 is 0 Å². The van der Waals surface area contributed by atoms with E-state index in [-0.39, 0.29) is 0 Å². The minimum Gasteiger partial charge on any atom is -0.345 e. The molecule has 101 heavy (non-hydrogen) atoms. The number of hydrogen-bond acceptors (Lipinski definition) is 6. The number of para-hydroxylation sites is 6. The maximum atomic E-state index is 2.31. The molecule has 0 spiro atoms. The van der Waals surface area contributed by atoms with Gasteiger partial charge in [-0.05, 0) is 209 Å². The Morgan fingerprint density at radius 3 is 0.703 bits per heavy atom. The van der Waals surface area contributed by atoms with Crippen molar-refractivity contribution in [3.05, 3.63) is 419 Å². The highest BCUT2D eigenvalue weighted by molar-refractivity contribution is 6.12. The lowest BCUT2D eigenvalue weighted by atomic mass is 10.00. The summed E-state index contributed by atoms with van der Waals surface area (Å²) in [5, 5.41) is 5.02. The lowest BCUT2D eigenvalue weighted by Gasteiger charge is -2.27. The van der Waals surface area contributed by atoms with E-state index in [1.165, 1.54) is 49.5 Å². The summed E-state index contributed by atoms with van der Waals surface area (Å²) in [6.07, 6.45) is 0. The van der Waals surface area contributed by atoms with Crippen LogP contribution in [-0.2, 0) is 0 Å². The van der Waals surface area contributed by atoms with Crippen LogP contribution in [0.25, 0.3) is 43.8 Å². The summed E-state index contributed by atoms with van der Waals surface area (Å²) in [5.74, 6) is 0. The van der Waals surface area contributed by atoms with Crippen molar-refractivity contribution in [2.75, 3.05) is 50.5 Å². The van der Waals surface area contributed by atoms with Crippen molar-refractivity contribution in [2.45, 2.75) is 0 Å². The summed E-state index contributed by atoms with van der Waals surface area (Å²) in [7, 11) is 6.39. The molecule has 0 aliphatic carbocycles. The van der Waals surface area contributed by atoms with Crippen molar-refractivity contribution >= 4 is 107 Å². The lowest BCUT2D eigenvalue weighted by Crippen LogP contribution is -2.12. The molecular weight excluding hydrogens is 1230 g/mol. The molecule has 488 valence electrons. The van der Waals surface area contributed by atoms with Gasteiger partial charge in [0.2, 0.25) is 0 Å². The van der Waals surface area contributed by atoms with E-state index in [1.54, 1.807) is 0 Å². The third kappa shape index (κ3) is 15.2. The molecule has 16 aromatic rings. The first-order valence-corrected chi connectivity index (χ1v) is 34.3. The molecule has 0 heterocycles. The van der Waals surface area contributed by atoms with Crippen molar-refractivity contribution < 1.29 is 0 Å². The standard InChI is InChI=1S/C33H26N2.2C31H26N2/c1-34(33-31-18-10-8-12-25(31)24-26-13-9-11-19-32(26)33)27-20-22-30(23-21-27)35(28-14-4-2-5-15-28)29-16-6-3-7-17-29;1-32(31-19-11-14-26(24-31)25-12-5-2-6-13-25)27-20-22-30(23-21-27)33(28-15-7-3-8-16-28)29-17-9-4-10-18-29;1-32(27-19-17-26(18-20-27)25-11-5-2-6-12-25)28-21-23-31(24-22-28)33(29-13-7-3-8-14-29)30-15-9-4-10-16-30/h2-24H,1H3;2*2-24H,1H3. The Balaban J connectivity index is 0.000000129. The summed E-state index contributed by atoms with van der Waals surface area (Å²) in [4.78, 5) is 13.6. The smallest absolute Gasteiger partial charge is 0.0567 e. The average Bonchev–Trinajstić information content (AvgIpc) is 0.767. The predicted molar refractivity (Wildman–Crippen MR) is 433 cm³/mol. The Morgan fingerprint density at radius 2 is 0.366 bits per heavy atom. The van der Waals surface area contributed by atoms with Crippen LogP contribution in [0, 0.1) is 0 Å². The first-order chi connectivity index (χ1) is 49.9. The SMILES string of the molecule is CN(c1ccc(-c2ccccc2)cc1)c1ccc(N(c2ccccc2)c2ccccc2)cc1.CN(c1ccc(N(c2ccccc2)c2ccccc2)cc1)c1c2ccccc2cc2ccccc12.CN(c1ccc(N(c2ccccc2)c2ccccc2)cc1)c1cccc(-c2ccccc2)c1. The molecule has 0 saturated carbocycles. The Bertz CT molecular complexity index is 5060. The van der Waals surface area contributed by atoms with E-state index in [9.17, 15) is 0 Å². The molecule has 0 saturated heterocycles. The minimum atomic E-state index is 1.13. The minimum absolute atomic E-state index is 1.13. The molecule has 0 amide bonds. The van der Waals surface area contributed by atoms with Gasteiger partial charge in [0.1, 0.15) is 0 Å². The van der Waals surface area contributed by atoms with Crippen molar-refractivity contribution in [1.29, 1.82) is 0 Å². The fraction of sp³-hybridized carbons (Fsp3) is 0.0316. The largest absolute Gasteiger partial charge is 0.345 e. The second-order valence-electron chi connectivity index (χ2n) is 24.7. The van der Waals surface area contributed by atoms with Crippen LogP contribution in [0.2, 0.25) is 0 Å². The van der Waals surface area contributed by atoms with Crippen molar-refractivity contribution in [2.24, 2.45) is 0 Å². The van der Waals surface area contributed by atoms with Crippen LogP contribution in [0.5, 0.6) is 0 Å². The summed E-state index contributed by atoms with van der Waals surface area (Å²) in [5.41, 5.74) is 22.1. The lowest BCUT2D eigenvalue weighted by molar-refractivity contribution is 1.20. The molecule has 6 nitrogen and oxygen atoms in total. The third-order valence-electron chi connectivity index (χ3n) is 18.4. The van der Waals surface area contributed by atoms with Crippen molar-refractivity contribution in [3.63, 3.8) is 0 Å². The molecule has 0 atom stereocenters. The number of fused-ring (bicyclic) bond motifs is 2. The van der Waals surface area contributed by atoms with Gasteiger partial charge in [0, 0.05) is 112 Å². The van der Waals surface area contributed by atoms with Gasteiger partial charge in [-0.1, -0.05) is 243 Å². The number of anilines is 15. The first kappa shape index (κ1) is 65.1. The molecule has 0 fully saturated rings. The molecule has 16 aromatic carbocycles. The van der Waals surface area contributed by atoms with Crippen LogP contribution in [0.15, 0.2) is 419 Å². The van der Waals surface area contributed by atoms with Crippen LogP contribution in [0.3, 0.4) is 0 Å². The fourth-order valence-corrected chi connectivity index (χ4v) is 13.1. The van der Waals surface area contributed by atoms with Crippen molar-refractivity contribution in [1.82, 2.24) is 0 Å². The van der Waals surface area contributed by atoms with Crippen LogP contribution in [0.1, 0.15) is 0 Å². The molecule has 0 aliphatic heterocycles. The van der Waals surface area contributed by atoms with E-state index in [4.69, 9.17) is 0 Å². The van der Waals surface area contributed by atoms with Gasteiger partial charge in [-0.3, -0.25) is 0 Å². The topological polar surface area (TPSA) is 19.4 Å². The highest BCUT2D eigenvalue weighted by Crippen LogP contribution is 2.43. The maximum absolute atomic E-state index is 2.31. The zero-order chi connectivity index (χ0) is 68.5. The van der Waals surface area contributed by atoms with E-state index in [0.717, 1.165) is 79.6 Å². The number of benzene rings is 16. The molecule has 0 bridgehead atoms. The van der Waals surface area contributed by atoms with Crippen LogP contribution in [-0.4, -0.2) is 21.1 Å². The second kappa shape index (κ2) is 31.4. The quantitative estimate of drug-likeness (QED) is 0.0841. The van der Waals surface area contributed by atoms with Crippen LogP contribution in [0.4, 0.5) is 85.3 Å². The molecular formula is C95H78N6. The number of nitrogens with zero attached hydrogens (tertiary/aromatic N) is 6. The Morgan fingerprint density at radius 1 is 0.149 bits per heavy atom. The van der Waals surface area contributed by atoms with Crippen molar-refractivity contribution in [3.8, 4) is 22.3 Å². The monoisotopic (exact) mass is 1300 g/mol. The number of hydrogen-bond donors (Lipinski definition) is 0. The van der Waals surface area contributed by atoms with Crippen LogP contribution < -0.4 is 29.4 Å².